The highest BCUT2D eigenvalue weighted by Gasteiger charge is 2.60. The minimum Gasteiger partial charge on any atom is -0.460 e. The molecule has 0 aromatic heterocycles. The van der Waals surface area contributed by atoms with E-state index in [1.54, 1.807) is 0 Å². The van der Waals surface area contributed by atoms with E-state index in [1.807, 2.05) is 20.8 Å². The Morgan fingerprint density at radius 3 is 2.48 bits per heavy atom. The lowest BCUT2D eigenvalue weighted by molar-refractivity contribution is -0.163. The van der Waals surface area contributed by atoms with E-state index in [-0.39, 0.29) is 17.5 Å². The summed E-state index contributed by atoms with van der Waals surface area (Å²) in [7, 11) is 0. The predicted octanol–water partition coefficient (Wildman–Crippen LogP) is 4.67. The Labute approximate surface area is 130 Å². The number of hydrogen-bond acceptors (Lipinski definition) is 2. The molecule has 120 valence electrons. The lowest BCUT2D eigenvalue weighted by atomic mass is 9.71. The number of hydrogen-bond donors (Lipinski definition) is 0. The number of carbonyl (C=O) groups excluding carboxylic acids is 1. The zero-order valence-electron chi connectivity index (χ0n) is 14.4. The number of fused-ring (bicyclic) bond motifs is 5. The van der Waals surface area contributed by atoms with Crippen molar-refractivity contribution in [2.24, 2.45) is 41.4 Å². The summed E-state index contributed by atoms with van der Waals surface area (Å²) in [4.78, 5) is 12.6. The van der Waals surface area contributed by atoms with Crippen LogP contribution in [0.2, 0.25) is 0 Å². The summed E-state index contributed by atoms with van der Waals surface area (Å²) in [6.07, 6.45) is 6.44. The minimum atomic E-state index is -0.343. The van der Waals surface area contributed by atoms with Crippen LogP contribution in [-0.4, -0.2) is 11.6 Å². The summed E-state index contributed by atoms with van der Waals surface area (Å²) in [5.74, 6) is 5.17. The summed E-state index contributed by atoms with van der Waals surface area (Å²) >= 11 is 0. The first-order valence-corrected chi connectivity index (χ1v) is 9.04. The third-order valence-electron chi connectivity index (χ3n) is 6.38. The Kier molecular flexibility index (Phi) is 3.86. The first kappa shape index (κ1) is 15.4. The molecule has 0 saturated heterocycles. The first-order chi connectivity index (χ1) is 9.81. The number of rotatable bonds is 3. The van der Waals surface area contributed by atoms with E-state index >= 15 is 0 Å². The highest BCUT2D eigenvalue weighted by atomic mass is 16.6. The molecule has 3 saturated carbocycles. The normalized spacial score (nSPS) is 44.9. The monoisotopic (exact) mass is 292 g/mol. The molecule has 0 aromatic carbocycles. The van der Waals surface area contributed by atoms with Gasteiger partial charge in [-0.2, -0.15) is 0 Å². The van der Waals surface area contributed by atoms with Crippen molar-refractivity contribution < 1.29 is 9.53 Å². The maximum absolute atomic E-state index is 12.6. The molecule has 0 N–H and O–H groups in total. The Balaban J connectivity index is 1.74. The van der Waals surface area contributed by atoms with Crippen LogP contribution in [0.15, 0.2) is 0 Å². The molecule has 3 rings (SSSR count). The second-order valence-corrected chi connectivity index (χ2v) is 8.95. The van der Waals surface area contributed by atoms with Crippen molar-refractivity contribution >= 4 is 5.97 Å². The molecular formula is C19H32O2. The highest BCUT2D eigenvalue weighted by Crippen LogP contribution is 2.65. The molecule has 7 unspecified atom stereocenters. The van der Waals surface area contributed by atoms with Crippen molar-refractivity contribution in [1.82, 2.24) is 0 Å². The van der Waals surface area contributed by atoms with Crippen molar-refractivity contribution in [2.45, 2.75) is 72.3 Å². The second-order valence-electron chi connectivity index (χ2n) is 8.95. The van der Waals surface area contributed by atoms with Gasteiger partial charge in [0.15, 0.2) is 0 Å². The van der Waals surface area contributed by atoms with Crippen LogP contribution in [0, 0.1) is 41.4 Å². The zero-order valence-corrected chi connectivity index (χ0v) is 14.4. The van der Waals surface area contributed by atoms with Crippen molar-refractivity contribution in [1.29, 1.82) is 0 Å². The molecule has 0 heterocycles. The van der Waals surface area contributed by atoms with Gasteiger partial charge in [-0.25, -0.2) is 0 Å². The van der Waals surface area contributed by atoms with E-state index in [4.69, 9.17) is 4.74 Å². The number of ether oxygens (including phenoxy) is 1. The lowest BCUT2D eigenvalue weighted by Crippen LogP contribution is -2.37. The lowest BCUT2D eigenvalue weighted by Gasteiger charge is -2.35. The van der Waals surface area contributed by atoms with Gasteiger partial charge in [0.2, 0.25) is 0 Å². The van der Waals surface area contributed by atoms with Gasteiger partial charge < -0.3 is 4.74 Å². The van der Waals surface area contributed by atoms with Crippen LogP contribution in [0.3, 0.4) is 0 Å². The molecule has 0 spiro atoms. The maximum Gasteiger partial charge on any atom is 0.309 e. The van der Waals surface area contributed by atoms with E-state index in [0.29, 0.717) is 5.92 Å². The topological polar surface area (TPSA) is 26.3 Å². The molecule has 0 aliphatic heterocycles. The van der Waals surface area contributed by atoms with Gasteiger partial charge >= 0.3 is 5.97 Å². The summed E-state index contributed by atoms with van der Waals surface area (Å²) in [6.45, 7) is 10.7. The predicted molar refractivity (Wildman–Crippen MR) is 84.7 cm³/mol. The van der Waals surface area contributed by atoms with Crippen LogP contribution in [0.1, 0.15) is 66.7 Å². The van der Waals surface area contributed by atoms with Crippen molar-refractivity contribution in [3.05, 3.63) is 0 Å². The Morgan fingerprint density at radius 2 is 1.86 bits per heavy atom. The quantitative estimate of drug-likeness (QED) is 0.706. The van der Waals surface area contributed by atoms with Gasteiger partial charge in [-0.1, -0.05) is 26.7 Å². The SMILES string of the molecule is CCCC1CC(C)C2C3CC(C(=O)OC(C)(C)C)C(C3)C12. The van der Waals surface area contributed by atoms with Gasteiger partial charge in [0.1, 0.15) is 5.60 Å². The molecule has 0 amide bonds. The van der Waals surface area contributed by atoms with Crippen LogP contribution < -0.4 is 0 Å². The van der Waals surface area contributed by atoms with Gasteiger partial charge in [-0.3, -0.25) is 4.79 Å². The van der Waals surface area contributed by atoms with Crippen LogP contribution in [0.25, 0.3) is 0 Å². The Hall–Kier alpha value is -0.530. The summed E-state index contributed by atoms with van der Waals surface area (Å²) < 4.78 is 5.71. The average Bonchev–Trinajstić information content (AvgIpc) is 2.99. The molecule has 3 fully saturated rings. The fraction of sp³-hybridized carbons (Fsp3) is 0.947. The van der Waals surface area contributed by atoms with Crippen LogP contribution in [0.4, 0.5) is 0 Å². The zero-order chi connectivity index (χ0) is 15.4. The van der Waals surface area contributed by atoms with E-state index in [1.165, 1.54) is 25.7 Å². The summed E-state index contributed by atoms with van der Waals surface area (Å²) in [6, 6.07) is 0. The number of esters is 1. The van der Waals surface area contributed by atoms with E-state index in [9.17, 15) is 4.79 Å². The largest absolute Gasteiger partial charge is 0.460 e. The molecule has 3 aliphatic carbocycles. The van der Waals surface area contributed by atoms with Gasteiger partial charge in [0, 0.05) is 0 Å². The first-order valence-electron chi connectivity index (χ1n) is 9.04. The molecule has 2 bridgehead atoms. The molecule has 2 nitrogen and oxygen atoms in total. The molecule has 2 heteroatoms. The standard InChI is InChI=1S/C19H32O2/c1-6-7-12-8-11(2)16-13-9-14(17(12)16)15(10-13)18(20)21-19(3,4)5/h11-17H,6-10H2,1-5H3. The smallest absolute Gasteiger partial charge is 0.309 e. The molecule has 3 aliphatic rings. The van der Waals surface area contributed by atoms with Crippen molar-refractivity contribution in [3.8, 4) is 0 Å². The minimum absolute atomic E-state index is 0.0863. The third-order valence-corrected chi connectivity index (χ3v) is 6.38. The van der Waals surface area contributed by atoms with Gasteiger partial charge in [0.25, 0.3) is 0 Å². The average molecular weight is 292 g/mol. The molecule has 0 radical (unpaired) electrons. The second kappa shape index (κ2) is 5.28. The fourth-order valence-electron chi connectivity index (χ4n) is 6.08. The number of carbonyl (C=O) groups is 1. The van der Waals surface area contributed by atoms with Crippen molar-refractivity contribution in [3.63, 3.8) is 0 Å². The van der Waals surface area contributed by atoms with E-state index in [0.717, 1.165) is 36.0 Å². The van der Waals surface area contributed by atoms with Crippen LogP contribution in [-0.2, 0) is 9.53 Å². The Bertz CT molecular complexity index is 408. The fourth-order valence-corrected chi connectivity index (χ4v) is 6.08. The van der Waals surface area contributed by atoms with Gasteiger partial charge in [0.05, 0.1) is 5.92 Å². The molecule has 7 atom stereocenters. The van der Waals surface area contributed by atoms with Gasteiger partial charge in [-0.05, 0) is 75.5 Å². The Morgan fingerprint density at radius 1 is 1.14 bits per heavy atom. The maximum atomic E-state index is 12.6. The van der Waals surface area contributed by atoms with Crippen molar-refractivity contribution in [2.75, 3.05) is 0 Å². The summed E-state index contributed by atoms with van der Waals surface area (Å²) in [5, 5.41) is 0. The molecule has 21 heavy (non-hydrogen) atoms. The molecule has 0 aromatic rings. The highest BCUT2D eigenvalue weighted by molar-refractivity contribution is 5.74. The molecular weight excluding hydrogens is 260 g/mol. The third kappa shape index (κ3) is 2.64. The van der Waals surface area contributed by atoms with E-state index in [2.05, 4.69) is 13.8 Å². The van der Waals surface area contributed by atoms with E-state index < -0.39 is 0 Å². The summed E-state index contributed by atoms with van der Waals surface area (Å²) in [5.41, 5.74) is -0.343. The van der Waals surface area contributed by atoms with Gasteiger partial charge in [-0.15, -0.1) is 0 Å². The van der Waals surface area contributed by atoms with Crippen LogP contribution in [0.5, 0.6) is 0 Å². The van der Waals surface area contributed by atoms with Crippen LogP contribution >= 0.6 is 0 Å².